The number of hydrogen-bond acceptors (Lipinski definition) is 6. The number of alkyl halides is 2. The first kappa shape index (κ1) is 24.8. The largest absolute Gasteiger partial charge is 0.452 e. The smallest absolute Gasteiger partial charge is 0.387 e. The lowest BCUT2D eigenvalue weighted by atomic mass is 10.2. The summed E-state index contributed by atoms with van der Waals surface area (Å²) in [5.41, 5.74) is 0.993. The molecule has 0 spiro atoms. The van der Waals surface area contributed by atoms with Gasteiger partial charge in [0.2, 0.25) is 10.0 Å². The number of benzene rings is 3. The van der Waals surface area contributed by atoms with Crippen LogP contribution in [0.25, 0.3) is 0 Å². The molecule has 11 heteroatoms. The van der Waals surface area contributed by atoms with Gasteiger partial charge in [-0.25, -0.2) is 17.9 Å². The fraction of sp³-hybridized carbons (Fsp3) is 0.130. The molecule has 3 rings (SSSR count). The molecule has 3 aromatic carbocycles. The zero-order valence-corrected chi connectivity index (χ0v) is 18.4. The number of esters is 1. The Hall–Kier alpha value is -3.83. The van der Waals surface area contributed by atoms with Crippen LogP contribution in [-0.2, 0) is 26.1 Å². The SMILES string of the molecule is O=C(COC(=O)c1cccc(S(=O)(=O)NCc2ccccc2)c1)Nc1ccc(OC(F)F)cc1. The molecule has 0 heterocycles. The molecule has 0 saturated heterocycles. The first-order chi connectivity index (χ1) is 16.2. The highest BCUT2D eigenvalue weighted by molar-refractivity contribution is 7.89. The molecule has 0 aliphatic rings. The number of ether oxygens (including phenoxy) is 2. The van der Waals surface area contributed by atoms with Crippen molar-refractivity contribution in [1.82, 2.24) is 4.72 Å². The Morgan fingerprint density at radius 1 is 0.912 bits per heavy atom. The third-order valence-electron chi connectivity index (χ3n) is 4.39. The van der Waals surface area contributed by atoms with Crippen LogP contribution in [0.1, 0.15) is 15.9 Å². The number of sulfonamides is 1. The number of carbonyl (C=O) groups excluding carboxylic acids is 2. The minimum atomic E-state index is -3.89. The molecule has 0 unspecified atom stereocenters. The average molecular weight is 490 g/mol. The summed E-state index contributed by atoms with van der Waals surface area (Å²) in [6.45, 7) is -3.53. The summed E-state index contributed by atoms with van der Waals surface area (Å²) >= 11 is 0. The number of nitrogens with one attached hydrogen (secondary N) is 2. The van der Waals surface area contributed by atoms with Crippen molar-refractivity contribution in [2.24, 2.45) is 0 Å². The summed E-state index contributed by atoms with van der Waals surface area (Å²) in [5.74, 6) is -1.65. The number of hydrogen-bond donors (Lipinski definition) is 2. The van der Waals surface area contributed by atoms with E-state index in [-0.39, 0.29) is 28.4 Å². The zero-order chi connectivity index (χ0) is 24.6. The fourth-order valence-electron chi connectivity index (χ4n) is 2.78. The van der Waals surface area contributed by atoms with Crippen LogP contribution in [0.4, 0.5) is 14.5 Å². The fourth-order valence-corrected chi connectivity index (χ4v) is 3.84. The van der Waals surface area contributed by atoms with Crippen molar-refractivity contribution in [1.29, 1.82) is 0 Å². The van der Waals surface area contributed by atoms with Gasteiger partial charge in [0.1, 0.15) is 5.75 Å². The van der Waals surface area contributed by atoms with Gasteiger partial charge in [0.15, 0.2) is 6.61 Å². The minimum absolute atomic E-state index is 0.0520. The van der Waals surface area contributed by atoms with Gasteiger partial charge in [-0.05, 0) is 48.0 Å². The van der Waals surface area contributed by atoms with Gasteiger partial charge in [0.05, 0.1) is 10.5 Å². The van der Waals surface area contributed by atoms with E-state index < -0.39 is 35.1 Å². The maximum absolute atomic E-state index is 12.6. The van der Waals surface area contributed by atoms with E-state index >= 15 is 0 Å². The second kappa shape index (κ2) is 11.3. The summed E-state index contributed by atoms with van der Waals surface area (Å²) in [7, 11) is -3.89. The van der Waals surface area contributed by atoms with Crippen LogP contribution in [0.15, 0.2) is 83.8 Å². The maximum Gasteiger partial charge on any atom is 0.387 e. The molecule has 0 atom stereocenters. The molecular weight excluding hydrogens is 470 g/mol. The van der Waals surface area contributed by atoms with Crippen molar-refractivity contribution in [3.63, 3.8) is 0 Å². The van der Waals surface area contributed by atoms with Gasteiger partial charge >= 0.3 is 12.6 Å². The van der Waals surface area contributed by atoms with Crippen molar-refractivity contribution in [2.45, 2.75) is 18.1 Å². The molecule has 0 fully saturated rings. The van der Waals surface area contributed by atoms with Gasteiger partial charge in [-0.2, -0.15) is 8.78 Å². The van der Waals surface area contributed by atoms with Crippen LogP contribution in [0.3, 0.4) is 0 Å². The number of carbonyl (C=O) groups is 2. The summed E-state index contributed by atoms with van der Waals surface area (Å²) in [6.07, 6.45) is 0. The second-order valence-corrected chi connectivity index (χ2v) is 8.63. The average Bonchev–Trinajstić information content (AvgIpc) is 2.83. The van der Waals surface area contributed by atoms with Crippen LogP contribution in [0.2, 0.25) is 0 Å². The standard InChI is InChI=1S/C23H20F2N2O6S/c24-23(25)33-19-11-9-18(10-12-19)27-21(28)15-32-22(29)17-7-4-8-20(13-17)34(30,31)26-14-16-5-2-1-3-6-16/h1-13,23,26H,14-15H2,(H,27,28). The van der Waals surface area contributed by atoms with Crippen LogP contribution in [0, 0.1) is 0 Å². The topological polar surface area (TPSA) is 111 Å². The molecule has 3 aromatic rings. The summed E-state index contributed by atoms with van der Waals surface area (Å²) < 4.78 is 61.1. The molecule has 178 valence electrons. The number of halogens is 2. The number of anilines is 1. The lowest BCUT2D eigenvalue weighted by molar-refractivity contribution is -0.119. The van der Waals surface area contributed by atoms with Crippen LogP contribution < -0.4 is 14.8 Å². The predicted octanol–water partition coefficient (Wildman–Crippen LogP) is 3.56. The van der Waals surface area contributed by atoms with Crippen molar-refractivity contribution in [2.75, 3.05) is 11.9 Å². The second-order valence-electron chi connectivity index (χ2n) is 6.87. The van der Waals surface area contributed by atoms with E-state index in [1.165, 1.54) is 42.5 Å². The molecular formula is C23H20F2N2O6S. The quantitative estimate of drug-likeness (QED) is 0.421. The number of amides is 1. The van der Waals surface area contributed by atoms with Crippen LogP contribution in [-0.4, -0.2) is 33.5 Å². The minimum Gasteiger partial charge on any atom is -0.452 e. The van der Waals surface area contributed by atoms with E-state index in [1.807, 2.05) is 6.07 Å². The first-order valence-electron chi connectivity index (χ1n) is 9.88. The zero-order valence-electron chi connectivity index (χ0n) is 17.6. The Bertz CT molecular complexity index is 1240. The van der Waals surface area contributed by atoms with Gasteiger partial charge < -0.3 is 14.8 Å². The third-order valence-corrected chi connectivity index (χ3v) is 5.79. The Labute approximate surface area is 194 Å². The molecule has 1 amide bonds. The van der Waals surface area contributed by atoms with Crippen LogP contribution in [0.5, 0.6) is 5.75 Å². The Morgan fingerprint density at radius 2 is 1.62 bits per heavy atom. The van der Waals surface area contributed by atoms with Crippen molar-refractivity contribution >= 4 is 27.6 Å². The highest BCUT2D eigenvalue weighted by atomic mass is 32.2. The molecule has 2 N–H and O–H groups in total. The Kier molecular flexibility index (Phi) is 8.28. The summed E-state index contributed by atoms with van der Waals surface area (Å²) in [4.78, 5) is 24.2. The Balaban J connectivity index is 1.54. The molecule has 0 saturated carbocycles. The molecule has 0 radical (unpaired) electrons. The summed E-state index contributed by atoms with van der Waals surface area (Å²) in [5, 5.41) is 2.43. The Morgan fingerprint density at radius 3 is 2.29 bits per heavy atom. The van der Waals surface area contributed by atoms with Crippen molar-refractivity contribution in [3.05, 3.63) is 90.0 Å². The van der Waals surface area contributed by atoms with E-state index in [4.69, 9.17) is 4.74 Å². The van der Waals surface area contributed by atoms with E-state index in [0.717, 1.165) is 11.6 Å². The van der Waals surface area contributed by atoms with Gasteiger partial charge in [-0.1, -0.05) is 36.4 Å². The van der Waals surface area contributed by atoms with Gasteiger partial charge in [-0.15, -0.1) is 0 Å². The van der Waals surface area contributed by atoms with Gasteiger partial charge in [-0.3, -0.25) is 4.79 Å². The third kappa shape index (κ3) is 7.36. The van der Waals surface area contributed by atoms with E-state index in [1.54, 1.807) is 24.3 Å². The van der Waals surface area contributed by atoms with Gasteiger partial charge in [0.25, 0.3) is 5.91 Å². The van der Waals surface area contributed by atoms with E-state index in [0.29, 0.717) is 0 Å². The molecule has 0 aliphatic carbocycles. The predicted molar refractivity (Wildman–Crippen MR) is 119 cm³/mol. The molecule has 0 aromatic heterocycles. The molecule has 0 bridgehead atoms. The molecule has 34 heavy (non-hydrogen) atoms. The molecule has 8 nitrogen and oxygen atoms in total. The normalized spacial score (nSPS) is 11.1. The first-order valence-corrected chi connectivity index (χ1v) is 11.4. The van der Waals surface area contributed by atoms with Crippen LogP contribution >= 0.6 is 0 Å². The van der Waals surface area contributed by atoms with Crippen molar-refractivity contribution < 1.29 is 36.3 Å². The van der Waals surface area contributed by atoms with E-state index in [9.17, 15) is 26.8 Å². The lowest BCUT2D eigenvalue weighted by Crippen LogP contribution is -2.24. The maximum atomic E-state index is 12.6. The van der Waals surface area contributed by atoms with Crippen molar-refractivity contribution in [3.8, 4) is 5.75 Å². The number of rotatable bonds is 10. The monoisotopic (exact) mass is 490 g/mol. The van der Waals surface area contributed by atoms with E-state index in [2.05, 4.69) is 14.8 Å². The highest BCUT2D eigenvalue weighted by Crippen LogP contribution is 2.18. The highest BCUT2D eigenvalue weighted by Gasteiger charge is 2.17. The molecule has 0 aliphatic heterocycles. The summed E-state index contributed by atoms with van der Waals surface area (Å²) in [6, 6.07) is 19.3. The van der Waals surface area contributed by atoms with Gasteiger partial charge in [0, 0.05) is 12.2 Å². The lowest BCUT2D eigenvalue weighted by Gasteiger charge is -2.10.